The molecule has 0 unspecified atom stereocenters. The molecule has 0 spiro atoms. The molecule has 1 fully saturated rings. The lowest BCUT2D eigenvalue weighted by Crippen LogP contribution is -2.19. The summed E-state index contributed by atoms with van der Waals surface area (Å²) >= 11 is 0. The summed E-state index contributed by atoms with van der Waals surface area (Å²) in [5, 5.41) is 6.74. The molecule has 2 aromatic rings. The molecular formula is C18H23F3N4O2S. The number of halogens is 3. The molecular weight excluding hydrogens is 393 g/mol. The molecule has 154 valence electrons. The lowest BCUT2D eigenvalue weighted by molar-refractivity contribution is -0.141. The molecule has 6 nitrogen and oxygen atoms in total. The Balaban J connectivity index is 1.96. The van der Waals surface area contributed by atoms with Crippen LogP contribution in [-0.2, 0) is 16.0 Å². The van der Waals surface area contributed by atoms with E-state index in [0.29, 0.717) is 12.5 Å². The predicted molar refractivity (Wildman–Crippen MR) is 99.3 cm³/mol. The number of rotatable bonds is 5. The number of pyridine rings is 1. The Morgan fingerprint density at radius 1 is 1.21 bits per heavy atom. The fourth-order valence-corrected chi connectivity index (χ4v) is 4.07. The van der Waals surface area contributed by atoms with Crippen molar-refractivity contribution in [2.75, 3.05) is 18.1 Å². The third-order valence-corrected chi connectivity index (χ3v) is 6.02. The molecule has 0 amide bonds. The molecule has 2 aromatic heterocycles. The Bertz CT molecular complexity index is 931. The van der Waals surface area contributed by atoms with Gasteiger partial charge in [-0.15, -0.1) is 0 Å². The van der Waals surface area contributed by atoms with Gasteiger partial charge in [-0.25, -0.2) is 18.1 Å². The van der Waals surface area contributed by atoms with Crippen LogP contribution in [0.3, 0.4) is 0 Å². The van der Waals surface area contributed by atoms with E-state index in [1.54, 1.807) is 0 Å². The third-order valence-electron chi connectivity index (χ3n) is 5.02. The number of aromatic nitrogens is 3. The standard InChI is InChI=1S/C18H23F3N4O2S/c1-12-16(18(19,20)21)24-25(14-8-9-15(22-11-14)28(2,26)27)17(12)23-10-13-6-4-3-5-7-13/h8-9,11,13,23H,3-7,10H2,1-2H3. The van der Waals surface area contributed by atoms with Crippen molar-refractivity contribution in [1.82, 2.24) is 14.8 Å². The Morgan fingerprint density at radius 2 is 1.89 bits per heavy atom. The van der Waals surface area contributed by atoms with E-state index in [4.69, 9.17) is 0 Å². The summed E-state index contributed by atoms with van der Waals surface area (Å²) in [6.07, 6.45) is 3.22. The van der Waals surface area contributed by atoms with Gasteiger partial charge in [0.1, 0.15) is 5.82 Å². The quantitative estimate of drug-likeness (QED) is 0.798. The largest absolute Gasteiger partial charge is 0.435 e. The molecule has 10 heteroatoms. The number of hydrogen-bond acceptors (Lipinski definition) is 5. The lowest BCUT2D eigenvalue weighted by Gasteiger charge is -2.22. The van der Waals surface area contributed by atoms with Gasteiger partial charge in [-0.2, -0.15) is 18.3 Å². The van der Waals surface area contributed by atoms with Gasteiger partial charge >= 0.3 is 6.18 Å². The average molecular weight is 416 g/mol. The lowest BCUT2D eigenvalue weighted by atomic mass is 9.89. The van der Waals surface area contributed by atoms with Gasteiger partial charge in [0.2, 0.25) is 0 Å². The second-order valence-electron chi connectivity index (χ2n) is 7.24. The first-order valence-corrected chi connectivity index (χ1v) is 11.0. The first-order valence-electron chi connectivity index (χ1n) is 9.14. The summed E-state index contributed by atoms with van der Waals surface area (Å²) in [6.45, 7) is 1.95. The van der Waals surface area contributed by atoms with Gasteiger partial charge in [0.05, 0.1) is 11.9 Å². The van der Waals surface area contributed by atoms with Crippen molar-refractivity contribution in [1.29, 1.82) is 0 Å². The topological polar surface area (TPSA) is 76.9 Å². The number of nitrogens with one attached hydrogen (secondary N) is 1. The molecule has 1 aliphatic carbocycles. The molecule has 1 saturated carbocycles. The fraction of sp³-hybridized carbons (Fsp3) is 0.556. The molecule has 0 atom stereocenters. The second-order valence-corrected chi connectivity index (χ2v) is 9.21. The molecule has 1 N–H and O–H groups in total. The van der Waals surface area contributed by atoms with Crippen molar-refractivity contribution < 1.29 is 21.6 Å². The SMILES string of the molecule is Cc1c(C(F)(F)F)nn(-c2ccc(S(C)(=O)=O)nc2)c1NCC1CCCCC1. The molecule has 28 heavy (non-hydrogen) atoms. The van der Waals surface area contributed by atoms with E-state index >= 15 is 0 Å². The van der Waals surface area contributed by atoms with Crippen molar-refractivity contribution in [3.8, 4) is 5.69 Å². The number of alkyl halides is 3. The van der Waals surface area contributed by atoms with E-state index in [1.807, 2.05) is 0 Å². The summed E-state index contributed by atoms with van der Waals surface area (Å²) in [4.78, 5) is 3.86. The van der Waals surface area contributed by atoms with E-state index in [0.717, 1.165) is 36.6 Å². The Hall–Kier alpha value is -2.10. The van der Waals surface area contributed by atoms with E-state index < -0.39 is 21.7 Å². The van der Waals surface area contributed by atoms with E-state index in [-0.39, 0.29) is 22.1 Å². The fourth-order valence-electron chi connectivity index (χ4n) is 3.51. The van der Waals surface area contributed by atoms with Crippen molar-refractivity contribution >= 4 is 15.7 Å². The maximum Gasteiger partial charge on any atom is 0.435 e. The predicted octanol–water partition coefficient (Wildman–Crippen LogP) is 3.99. The molecule has 0 bridgehead atoms. The van der Waals surface area contributed by atoms with Crippen LogP contribution >= 0.6 is 0 Å². The van der Waals surface area contributed by atoms with Crippen LogP contribution in [0.2, 0.25) is 0 Å². The molecule has 0 aromatic carbocycles. The van der Waals surface area contributed by atoms with Crippen LogP contribution in [0.1, 0.15) is 43.4 Å². The summed E-state index contributed by atoms with van der Waals surface area (Å²) < 4.78 is 64.4. The van der Waals surface area contributed by atoms with Gasteiger partial charge < -0.3 is 5.32 Å². The van der Waals surface area contributed by atoms with Crippen molar-refractivity contribution in [2.45, 2.75) is 50.2 Å². The zero-order valence-corrected chi connectivity index (χ0v) is 16.6. The highest BCUT2D eigenvalue weighted by Gasteiger charge is 2.38. The van der Waals surface area contributed by atoms with Gasteiger partial charge in [-0.3, -0.25) is 0 Å². The van der Waals surface area contributed by atoms with Crippen LogP contribution in [0.5, 0.6) is 0 Å². The Kier molecular flexibility index (Phi) is 5.69. The maximum absolute atomic E-state index is 13.4. The van der Waals surface area contributed by atoms with Crippen molar-refractivity contribution in [3.63, 3.8) is 0 Å². The maximum atomic E-state index is 13.4. The van der Waals surface area contributed by atoms with Crippen molar-refractivity contribution in [2.24, 2.45) is 5.92 Å². The van der Waals surface area contributed by atoms with E-state index in [9.17, 15) is 21.6 Å². The number of hydrogen-bond donors (Lipinski definition) is 1. The summed E-state index contributed by atoms with van der Waals surface area (Å²) in [5.41, 5.74) is -0.696. The highest BCUT2D eigenvalue weighted by molar-refractivity contribution is 7.90. The monoisotopic (exact) mass is 416 g/mol. The first kappa shape index (κ1) is 20.6. The van der Waals surface area contributed by atoms with Gasteiger partial charge in [-0.05, 0) is 37.8 Å². The number of nitrogens with zero attached hydrogens (tertiary/aromatic N) is 3. The van der Waals surface area contributed by atoms with Gasteiger partial charge in [0.15, 0.2) is 20.6 Å². The van der Waals surface area contributed by atoms with Gasteiger partial charge in [-0.1, -0.05) is 19.3 Å². The molecule has 2 heterocycles. The smallest absolute Gasteiger partial charge is 0.369 e. The highest BCUT2D eigenvalue weighted by atomic mass is 32.2. The Labute approximate surface area is 162 Å². The van der Waals surface area contributed by atoms with Gasteiger partial charge in [0.25, 0.3) is 0 Å². The normalized spacial score (nSPS) is 16.3. The molecule has 0 aliphatic heterocycles. The van der Waals surface area contributed by atoms with Crippen LogP contribution in [0.4, 0.5) is 19.0 Å². The molecule has 3 rings (SSSR count). The molecule has 0 radical (unpaired) electrons. The summed E-state index contributed by atoms with van der Waals surface area (Å²) in [5.74, 6) is 0.670. The van der Waals surface area contributed by atoms with E-state index in [1.165, 1.54) is 31.7 Å². The van der Waals surface area contributed by atoms with Crippen LogP contribution in [0.15, 0.2) is 23.4 Å². The molecule has 1 aliphatic rings. The average Bonchev–Trinajstić information content (AvgIpc) is 2.97. The minimum Gasteiger partial charge on any atom is -0.369 e. The second kappa shape index (κ2) is 7.73. The van der Waals surface area contributed by atoms with Crippen molar-refractivity contribution in [3.05, 3.63) is 29.6 Å². The first-order chi connectivity index (χ1) is 13.1. The van der Waals surface area contributed by atoms with Crippen LogP contribution < -0.4 is 5.32 Å². The van der Waals surface area contributed by atoms with Gasteiger partial charge in [0, 0.05) is 18.4 Å². The third kappa shape index (κ3) is 4.48. The Morgan fingerprint density at radius 3 is 2.43 bits per heavy atom. The van der Waals surface area contributed by atoms with Crippen LogP contribution in [0.25, 0.3) is 5.69 Å². The summed E-state index contributed by atoms with van der Waals surface area (Å²) in [7, 11) is -3.50. The minimum atomic E-state index is -4.59. The van der Waals surface area contributed by atoms with Crippen LogP contribution in [-0.4, -0.2) is 36.0 Å². The van der Waals surface area contributed by atoms with Crippen LogP contribution in [0, 0.1) is 12.8 Å². The number of anilines is 1. The molecule has 0 saturated heterocycles. The number of sulfone groups is 1. The zero-order chi connectivity index (χ0) is 20.5. The van der Waals surface area contributed by atoms with E-state index in [2.05, 4.69) is 15.4 Å². The zero-order valence-electron chi connectivity index (χ0n) is 15.8. The minimum absolute atomic E-state index is 0.00972. The highest BCUT2D eigenvalue weighted by Crippen LogP contribution is 2.35. The summed E-state index contributed by atoms with van der Waals surface area (Å²) in [6, 6.07) is 2.67.